The van der Waals surface area contributed by atoms with E-state index in [2.05, 4.69) is 25.2 Å². The summed E-state index contributed by atoms with van der Waals surface area (Å²) in [6, 6.07) is 0. The highest BCUT2D eigenvalue weighted by Gasteiger charge is 1.90. The van der Waals surface area contributed by atoms with Crippen molar-refractivity contribution < 1.29 is 9.90 Å². The first-order valence-electron chi connectivity index (χ1n) is 5.79. The van der Waals surface area contributed by atoms with Crippen molar-refractivity contribution in [3.63, 3.8) is 0 Å². The number of carbonyl (C=O) groups is 1. The summed E-state index contributed by atoms with van der Waals surface area (Å²) < 4.78 is 0. The summed E-state index contributed by atoms with van der Waals surface area (Å²) in [5.74, 6) is -0.723. The average Bonchev–Trinajstić information content (AvgIpc) is 2.20. The fraction of sp³-hybridized carbons (Fsp3) is 0.615. The fourth-order valence-corrected chi connectivity index (χ4v) is 1.19. The van der Waals surface area contributed by atoms with Crippen LogP contribution < -0.4 is 0 Å². The Labute approximate surface area is 92.7 Å². The quantitative estimate of drug-likeness (QED) is 0.462. The summed E-state index contributed by atoms with van der Waals surface area (Å²) >= 11 is 0. The van der Waals surface area contributed by atoms with E-state index in [-0.39, 0.29) is 6.42 Å². The molecule has 15 heavy (non-hydrogen) atoms. The first-order chi connectivity index (χ1) is 7.27. The summed E-state index contributed by atoms with van der Waals surface area (Å²) in [6.07, 6.45) is 15.1. The van der Waals surface area contributed by atoms with Gasteiger partial charge in [-0.1, -0.05) is 44.1 Å². The zero-order valence-corrected chi connectivity index (χ0v) is 9.61. The topological polar surface area (TPSA) is 37.3 Å². The van der Waals surface area contributed by atoms with Gasteiger partial charge in [-0.25, -0.2) is 0 Å². The molecule has 0 radical (unpaired) electrons. The largest absolute Gasteiger partial charge is 0.481 e. The maximum absolute atomic E-state index is 10.2. The van der Waals surface area contributed by atoms with E-state index in [9.17, 15) is 4.79 Å². The molecule has 0 unspecified atom stereocenters. The number of unbranched alkanes of at least 4 members (excludes halogenated alkanes) is 3. The lowest BCUT2D eigenvalue weighted by Crippen LogP contribution is -1.91. The zero-order chi connectivity index (χ0) is 11.4. The molecule has 0 aromatic carbocycles. The Morgan fingerprint density at radius 3 is 2.07 bits per heavy atom. The van der Waals surface area contributed by atoms with Crippen LogP contribution in [0.4, 0.5) is 0 Å². The van der Waals surface area contributed by atoms with Gasteiger partial charge >= 0.3 is 5.97 Å². The summed E-state index contributed by atoms with van der Waals surface area (Å²) in [7, 11) is 0. The highest BCUT2D eigenvalue weighted by Crippen LogP contribution is 2.00. The molecule has 2 heteroatoms. The molecule has 0 aliphatic rings. The van der Waals surface area contributed by atoms with E-state index in [4.69, 9.17) is 5.11 Å². The van der Waals surface area contributed by atoms with Crippen molar-refractivity contribution in [3.8, 4) is 0 Å². The first kappa shape index (κ1) is 13.9. The average molecular weight is 210 g/mol. The van der Waals surface area contributed by atoms with Crippen LogP contribution in [0, 0.1) is 0 Å². The minimum absolute atomic E-state index is 0.239. The molecule has 1 N–H and O–H groups in total. The molecule has 0 saturated heterocycles. The molecule has 0 atom stereocenters. The number of hydrogen-bond acceptors (Lipinski definition) is 1. The molecule has 0 heterocycles. The van der Waals surface area contributed by atoms with Gasteiger partial charge in [-0.15, -0.1) is 0 Å². The Bertz CT molecular complexity index is 205. The lowest BCUT2D eigenvalue weighted by molar-refractivity contribution is -0.136. The van der Waals surface area contributed by atoms with Gasteiger partial charge in [0.25, 0.3) is 0 Å². The van der Waals surface area contributed by atoms with Crippen LogP contribution in [0.5, 0.6) is 0 Å². The van der Waals surface area contributed by atoms with Crippen molar-refractivity contribution >= 4 is 5.97 Å². The molecule has 0 fully saturated rings. The predicted molar refractivity (Wildman–Crippen MR) is 63.9 cm³/mol. The van der Waals surface area contributed by atoms with E-state index in [0.717, 1.165) is 12.8 Å². The van der Waals surface area contributed by atoms with Crippen molar-refractivity contribution in [2.75, 3.05) is 0 Å². The first-order valence-corrected chi connectivity index (χ1v) is 5.79. The van der Waals surface area contributed by atoms with Crippen LogP contribution in [0.25, 0.3) is 0 Å². The van der Waals surface area contributed by atoms with Gasteiger partial charge in [-0.05, 0) is 25.7 Å². The number of carboxylic acids is 1. The van der Waals surface area contributed by atoms with Crippen molar-refractivity contribution in [3.05, 3.63) is 24.3 Å². The minimum atomic E-state index is -0.723. The van der Waals surface area contributed by atoms with Crippen molar-refractivity contribution in [1.29, 1.82) is 0 Å². The number of allylic oxidation sites excluding steroid dienone is 4. The highest BCUT2D eigenvalue weighted by molar-refractivity contribution is 5.66. The van der Waals surface area contributed by atoms with Crippen LogP contribution in [-0.4, -0.2) is 11.1 Å². The Balaban J connectivity index is 3.22. The number of carboxylic acid groups (broad SMARTS) is 1. The second-order valence-electron chi connectivity index (χ2n) is 3.59. The lowest BCUT2D eigenvalue weighted by Gasteiger charge is -1.90. The van der Waals surface area contributed by atoms with E-state index in [1.165, 1.54) is 19.3 Å². The molecule has 2 nitrogen and oxygen atoms in total. The minimum Gasteiger partial charge on any atom is -0.481 e. The number of aliphatic carboxylic acids is 1. The monoisotopic (exact) mass is 210 g/mol. The Morgan fingerprint density at radius 1 is 1.00 bits per heavy atom. The van der Waals surface area contributed by atoms with Crippen LogP contribution in [-0.2, 0) is 4.79 Å². The molecule has 0 spiro atoms. The molecule has 0 aliphatic carbocycles. The van der Waals surface area contributed by atoms with Crippen LogP contribution in [0.3, 0.4) is 0 Å². The predicted octanol–water partition coefficient (Wildman–Crippen LogP) is 3.93. The third-order valence-corrected chi connectivity index (χ3v) is 2.08. The molecule has 0 aromatic rings. The van der Waals surface area contributed by atoms with Gasteiger partial charge in [0.2, 0.25) is 0 Å². The second-order valence-corrected chi connectivity index (χ2v) is 3.59. The van der Waals surface area contributed by atoms with Crippen molar-refractivity contribution in [2.24, 2.45) is 0 Å². The SMILES string of the molecule is CCCC/C=C/CC/C=C/CCC(=O)O. The maximum Gasteiger partial charge on any atom is 0.303 e. The van der Waals surface area contributed by atoms with E-state index in [0.29, 0.717) is 6.42 Å². The van der Waals surface area contributed by atoms with Gasteiger partial charge in [-0.2, -0.15) is 0 Å². The number of rotatable bonds is 9. The summed E-state index contributed by atoms with van der Waals surface area (Å²) in [4.78, 5) is 10.2. The molecule has 0 aliphatic heterocycles. The fourth-order valence-electron chi connectivity index (χ4n) is 1.19. The van der Waals surface area contributed by atoms with Gasteiger partial charge < -0.3 is 5.11 Å². The molecule has 86 valence electrons. The van der Waals surface area contributed by atoms with Gasteiger partial charge in [0.05, 0.1) is 0 Å². The van der Waals surface area contributed by atoms with Gasteiger partial charge in [0, 0.05) is 6.42 Å². The van der Waals surface area contributed by atoms with Gasteiger partial charge in [0.1, 0.15) is 0 Å². The van der Waals surface area contributed by atoms with Crippen LogP contribution >= 0.6 is 0 Å². The Morgan fingerprint density at radius 2 is 1.53 bits per heavy atom. The third kappa shape index (κ3) is 12.9. The molecule has 0 aromatic heterocycles. The van der Waals surface area contributed by atoms with Gasteiger partial charge in [0.15, 0.2) is 0 Å². The zero-order valence-electron chi connectivity index (χ0n) is 9.61. The molecular weight excluding hydrogens is 188 g/mol. The Hall–Kier alpha value is -1.05. The maximum atomic E-state index is 10.2. The van der Waals surface area contributed by atoms with E-state index >= 15 is 0 Å². The van der Waals surface area contributed by atoms with Crippen LogP contribution in [0.2, 0.25) is 0 Å². The van der Waals surface area contributed by atoms with Crippen LogP contribution in [0.15, 0.2) is 24.3 Å². The van der Waals surface area contributed by atoms with E-state index < -0.39 is 5.97 Å². The molecular formula is C13H22O2. The van der Waals surface area contributed by atoms with Crippen molar-refractivity contribution in [2.45, 2.75) is 51.9 Å². The molecule has 0 amide bonds. The van der Waals surface area contributed by atoms with E-state index in [1.54, 1.807) is 0 Å². The summed E-state index contributed by atoms with van der Waals surface area (Å²) in [6.45, 7) is 2.19. The lowest BCUT2D eigenvalue weighted by atomic mass is 10.2. The Kier molecular flexibility index (Phi) is 10.3. The van der Waals surface area contributed by atoms with Crippen LogP contribution in [0.1, 0.15) is 51.9 Å². The normalized spacial score (nSPS) is 11.5. The van der Waals surface area contributed by atoms with Crippen molar-refractivity contribution in [1.82, 2.24) is 0 Å². The van der Waals surface area contributed by atoms with E-state index in [1.807, 2.05) is 6.08 Å². The third-order valence-electron chi connectivity index (χ3n) is 2.08. The standard InChI is InChI=1S/C13H22O2/c1-2-3-4-5-6-7-8-9-10-11-12-13(14)15/h5-6,9-10H,2-4,7-8,11-12H2,1H3,(H,14,15)/b6-5+,10-9+. The van der Waals surface area contributed by atoms with Gasteiger partial charge in [-0.3, -0.25) is 4.79 Å². The summed E-state index contributed by atoms with van der Waals surface area (Å²) in [5, 5.41) is 8.39. The molecule has 0 bridgehead atoms. The highest BCUT2D eigenvalue weighted by atomic mass is 16.4. The smallest absolute Gasteiger partial charge is 0.303 e. The molecule has 0 rings (SSSR count). The summed E-state index contributed by atoms with van der Waals surface area (Å²) in [5.41, 5.74) is 0. The molecule has 0 saturated carbocycles. The second kappa shape index (κ2) is 11.0. The number of hydrogen-bond donors (Lipinski definition) is 1.